The average molecular weight is 813 g/mol. The summed E-state index contributed by atoms with van der Waals surface area (Å²) in [5.41, 5.74) is 13.5. The van der Waals surface area contributed by atoms with Crippen molar-refractivity contribution < 1.29 is 9.15 Å². The van der Waals surface area contributed by atoms with Crippen molar-refractivity contribution in [2.24, 2.45) is 0 Å². The molecule has 1 aliphatic heterocycles. The van der Waals surface area contributed by atoms with Gasteiger partial charge in [0.1, 0.15) is 22.7 Å². The van der Waals surface area contributed by atoms with Crippen LogP contribution in [-0.4, -0.2) is 0 Å². The van der Waals surface area contributed by atoms with E-state index in [1.165, 1.54) is 76.5 Å². The Kier molecular flexibility index (Phi) is 7.43. The lowest BCUT2D eigenvalue weighted by Gasteiger charge is -2.23. The van der Waals surface area contributed by atoms with Crippen LogP contribution >= 0.6 is 0 Å². The summed E-state index contributed by atoms with van der Waals surface area (Å²) >= 11 is 0. The van der Waals surface area contributed by atoms with Crippen molar-refractivity contribution in [1.29, 1.82) is 0 Å². The lowest BCUT2D eigenvalue weighted by Crippen LogP contribution is -1.98. The van der Waals surface area contributed by atoms with E-state index in [-0.39, 0.29) is 0 Å². The van der Waals surface area contributed by atoms with Crippen molar-refractivity contribution in [3.8, 4) is 67.1 Å². The van der Waals surface area contributed by atoms with E-state index in [0.717, 1.165) is 66.5 Å². The third-order valence-electron chi connectivity index (χ3n) is 13.6. The first-order valence-electron chi connectivity index (χ1n) is 22.0. The maximum Gasteiger partial charge on any atom is 0.136 e. The first-order valence-corrected chi connectivity index (χ1v) is 22.0. The summed E-state index contributed by atoms with van der Waals surface area (Å²) in [5, 5.41) is 14.3. The number of ether oxygens (including phenoxy) is 1. The molecule has 0 aliphatic carbocycles. The molecular formula is C62H36O2. The van der Waals surface area contributed by atoms with E-state index in [0.29, 0.717) is 0 Å². The van der Waals surface area contributed by atoms with Gasteiger partial charge in [-0.2, -0.15) is 0 Å². The molecule has 0 bridgehead atoms. The molecule has 2 heteroatoms. The summed E-state index contributed by atoms with van der Waals surface area (Å²) in [7, 11) is 0. The van der Waals surface area contributed by atoms with Gasteiger partial charge in [-0.15, -0.1) is 0 Å². The monoisotopic (exact) mass is 812 g/mol. The molecule has 64 heavy (non-hydrogen) atoms. The van der Waals surface area contributed by atoms with Crippen LogP contribution in [-0.2, 0) is 0 Å². The normalized spacial score (nSPS) is 12.2. The smallest absolute Gasteiger partial charge is 0.136 e. The molecule has 2 nitrogen and oxygen atoms in total. The zero-order chi connectivity index (χ0) is 41.9. The first-order chi connectivity index (χ1) is 31.8. The molecule has 0 unspecified atom stereocenters. The highest BCUT2D eigenvalue weighted by Gasteiger charge is 2.26. The minimum atomic E-state index is 0.841. The van der Waals surface area contributed by atoms with Crippen LogP contribution in [0.25, 0.3) is 131 Å². The molecule has 0 fully saturated rings. The molecule has 13 aromatic rings. The van der Waals surface area contributed by atoms with E-state index >= 15 is 0 Å². The Balaban J connectivity index is 0.951. The molecule has 14 rings (SSSR count). The summed E-state index contributed by atoms with van der Waals surface area (Å²) in [6.07, 6.45) is 0. The van der Waals surface area contributed by atoms with Crippen LogP contribution in [0.15, 0.2) is 223 Å². The van der Waals surface area contributed by atoms with E-state index in [1.54, 1.807) is 0 Å². The largest absolute Gasteiger partial charge is 0.456 e. The van der Waals surface area contributed by atoms with Crippen LogP contribution in [0.1, 0.15) is 0 Å². The molecule has 0 N–H and O–H groups in total. The molecule has 0 saturated carbocycles. The van der Waals surface area contributed by atoms with Gasteiger partial charge in [0, 0.05) is 27.3 Å². The quantitative estimate of drug-likeness (QED) is 0.165. The summed E-state index contributed by atoms with van der Waals surface area (Å²) in [6.45, 7) is 0. The number of fused-ring (bicyclic) bond motifs is 10. The van der Waals surface area contributed by atoms with Gasteiger partial charge in [0.2, 0.25) is 0 Å². The highest BCUT2D eigenvalue weighted by Crippen LogP contribution is 2.53. The van der Waals surface area contributed by atoms with Crippen molar-refractivity contribution >= 4 is 75.8 Å². The Morgan fingerprint density at radius 1 is 0.234 bits per heavy atom. The molecular weight excluding hydrogens is 777 g/mol. The molecule has 0 saturated heterocycles. The molecule has 1 aliphatic rings. The predicted molar refractivity (Wildman–Crippen MR) is 269 cm³/mol. The fourth-order valence-corrected chi connectivity index (χ4v) is 11.0. The van der Waals surface area contributed by atoms with Crippen molar-refractivity contribution in [3.63, 3.8) is 0 Å². The second-order valence-corrected chi connectivity index (χ2v) is 17.0. The highest BCUT2D eigenvalue weighted by atomic mass is 16.5. The van der Waals surface area contributed by atoms with Crippen LogP contribution < -0.4 is 4.74 Å². The first kappa shape index (κ1) is 35.2. The Hall–Kier alpha value is -8.46. The molecule has 0 amide bonds. The maximum absolute atomic E-state index is 6.96. The topological polar surface area (TPSA) is 22.4 Å². The summed E-state index contributed by atoms with van der Waals surface area (Å²) in [4.78, 5) is 0. The third-order valence-corrected chi connectivity index (χ3v) is 13.6. The lowest BCUT2D eigenvalue weighted by molar-refractivity contribution is 0.487. The van der Waals surface area contributed by atoms with Gasteiger partial charge >= 0.3 is 0 Å². The van der Waals surface area contributed by atoms with E-state index < -0.39 is 0 Å². The maximum atomic E-state index is 6.96. The van der Waals surface area contributed by atoms with Crippen LogP contribution in [0.5, 0.6) is 11.5 Å². The zero-order valence-corrected chi connectivity index (χ0v) is 34.6. The van der Waals surface area contributed by atoms with Gasteiger partial charge < -0.3 is 9.15 Å². The third kappa shape index (κ3) is 5.02. The van der Waals surface area contributed by atoms with Crippen LogP contribution in [0.4, 0.5) is 0 Å². The minimum Gasteiger partial charge on any atom is -0.456 e. The second kappa shape index (κ2) is 13.5. The van der Waals surface area contributed by atoms with Gasteiger partial charge in [-0.1, -0.05) is 182 Å². The van der Waals surface area contributed by atoms with Gasteiger partial charge in [-0.3, -0.25) is 0 Å². The molecule has 2 heterocycles. The molecule has 12 aromatic carbocycles. The summed E-state index contributed by atoms with van der Waals surface area (Å²) < 4.78 is 13.9. The Labute approximate surface area is 368 Å². The van der Waals surface area contributed by atoms with Gasteiger partial charge in [0.15, 0.2) is 0 Å². The number of hydrogen-bond acceptors (Lipinski definition) is 2. The lowest BCUT2D eigenvalue weighted by atomic mass is 9.85. The van der Waals surface area contributed by atoms with Crippen molar-refractivity contribution in [1.82, 2.24) is 0 Å². The number of benzene rings is 12. The molecule has 0 radical (unpaired) electrons. The predicted octanol–water partition coefficient (Wildman–Crippen LogP) is 17.8. The van der Waals surface area contributed by atoms with Gasteiger partial charge in [-0.25, -0.2) is 0 Å². The van der Waals surface area contributed by atoms with Gasteiger partial charge in [0.05, 0.1) is 0 Å². The summed E-state index contributed by atoms with van der Waals surface area (Å²) in [6, 6.07) is 78.9. The number of rotatable bonds is 4. The van der Waals surface area contributed by atoms with Crippen molar-refractivity contribution in [3.05, 3.63) is 218 Å². The Bertz CT molecular complexity index is 3970. The molecule has 296 valence electrons. The SMILES string of the molecule is c1ccc(-c2c3ccccc3c(-c3ccc4c(c3)Oc3cccc5c3c-4cc3oc4cc(-c6c7ccccc7c(-c7ccccc7)c7ccccc67)ccc4c35)c3ccccc23)cc1. The van der Waals surface area contributed by atoms with E-state index in [2.05, 4.69) is 218 Å². The fraction of sp³-hybridized carbons (Fsp3) is 0. The van der Waals surface area contributed by atoms with Crippen LogP contribution in [0.3, 0.4) is 0 Å². The summed E-state index contributed by atoms with van der Waals surface area (Å²) in [5.74, 6) is 1.70. The van der Waals surface area contributed by atoms with E-state index in [1.807, 2.05) is 0 Å². The van der Waals surface area contributed by atoms with Crippen LogP contribution in [0, 0.1) is 0 Å². The molecule has 1 aromatic heterocycles. The molecule has 0 spiro atoms. The average Bonchev–Trinajstić information content (AvgIpc) is 3.73. The number of furan rings is 1. The second-order valence-electron chi connectivity index (χ2n) is 17.0. The van der Waals surface area contributed by atoms with Gasteiger partial charge in [0.25, 0.3) is 0 Å². The number of hydrogen-bond donors (Lipinski definition) is 0. The van der Waals surface area contributed by atoms with Crippen molar-refractivity contribution in [2.75, 3.05) is 0 Å². The van der Waals surface area contributed by atoms with E-state index in [9.17, 15) is 0 Å². The van der Waals surface area contributed by atoms with Gasteiger partial charge in [-0.05, 0) is 129 Å². The molecule has 0 atom stereocenters. The van der Waals surface area contributed by atoms with E-state index in [4.69, 9.17) is 9.15 Å². The zero-order valence-electron chi connectivity index (χ0n) is 34.6. The fourth-order valence-electron chi connectivity index (χ4n) is 11.0. The Morgan fingerprint density at radius 2 is 0.672 bits per heavy atom. The Morgan fingerprint density at radius 3 is 1.19 bits per heavy atom. The highest BCUT2D eigenvalue weighted by molar-refractivity contribution is 6.26. The van der Waals surface area contributed by atoms with Crippen LogP contribution in [0.2, 0.25) is 0 Å². The minimum absolute atomic E-state index is 0.841. The van der Waals surface area contributed by atoms with Crippen molar-refractivity contribution in [2.45, 2.75) is 0 Å². The standard InChI is InChI=1S/C62H36O2/c1-3-16-37(17-4-1)57-42-20-7-11-24-46(42)59(47-25-12-8-21-43(47)57)39-30-32-41-52-36-56-61(51-28-15-29-53(62(51)52)63-54(41)34-39)50-33-31-40(35-55(50)64-56)60-48-26-13-9-22-44(48)58(38-18-5-2-6-19-38)45-23-10-14-27-49(45)60/h1-36H.